The van der Waals surface area contributed by atoms with Crippen LogP contribution in [0.4, 0.5) is 13.6 Å². The topological polar surface area (TPSA) is 68.9 Å². The number of benzene rings is 1. The molecule has 45 heavy (non-hydrogen) atoms. The highest BCUT2D eigenvalue weighted by Gasteiger charge is 2.49. The molecule has 2 fully saturated rings. The van der Waals surface area contributed by atoms with Crippen molar-refractivity contribution in [3.8, 4) is 6.07 Å². The molecule has 0 N–H and O–H groups in total. The van der Waals surface area contributed by atoms with Crippen LogP contribution in [-0.2, 0) is 11.2 Å². The summed E-state index contributed by atoms with van der Waals surface area (Å²) in [5, 5.41) is 9.22. The Hall–Kier alpha value is -3.21. The second-order valence-electron chi connectivity index (χ2n) is 12.3. The second kappa shape index (κ2) is 17.5. The molecule has 1 heterocycles. The van der Waals surface area contributed by atoms with Gasteiger partial charge in [-0.1, -0.05) is 39.0 Å². The van der Waals surface area contributed by atoms with Crippen molar-refractivity contribution < 1.29 is 18.3 Å². The van der Waals surface area contributed by atoms with Crippen molar-refractivity contribution in [3.63, 3.8) is 0 Å². The van der Waals surface area contributed by atoms with Crippen LogP contribution in [0, 0.1) is 17.2 Å². The minimum Gasteiger partial charge on any atom is -0.437 e. The molecule has 0 bridgehead atoms. The van der Waals surface area contributed by atoms with E-state index in [1.54, 1.807) is 4.90 Å². The standard InChI is InChI=1S/C35H50F2N4O2.C2H6/c1-8-30(29-18-19-29)32(31(39-10-3)17-12-11-14-27-15-13-16-28(22-27)23-38)26(5)41-21-20-40(24-25(41)4)33(42)43-34(6,7)35(36,37)9-2;1-2/h8,13,15-16,22,25,29H,9-12,14,17-21,24H2,1-7H3;1-2H3/b30-8-,32-26+,39-31?;. The van der Waals surface area contributed by atoms with Crippen molar-refractivity contribution >= 4 is 11.8 Å². The highest BCUT2D eigenvalue weighted by molar-refractivity contribution is 6.04. The number of aliphatic imine (C=N–C) groups is 1. The Balaban J connectivity index is 0.00000345. The summed E-state index contributed by atoms with van der Waals surface area (Å²) < 4.78 is 34.2. The number of carbonyl (C=O) groups excluding carboxylic acids is 1. The fourth-order valence-corrected chi connectivity index (χ4v) is 6.00. The van der Waals surface area contributed by atoms with Crippen LogP contribution in [0.15, 0.2) is 52.2 Å². The number of nitrogens with zero attached hydrogens (tertiary/aromatic N) is 4. The number of halogens is 2. The zero-order valence-electron chi connectivity index (χ0n) is 29.2. The number of alkyl halides is 2. The van der Waals surface area contributed by atoms with E-state index in [-0.39, 0.29) is 6.04 Å². The van der Waals surface area contributed by atoms with Gasteiger partial charge in [0.25, 0.3) is 5.92 Å². The molecule has 1 saturated heterocycles. The number of amides is 1. The molecule has 0 radical (unpaired) electrons. The molecule has 8 heteroatoms. The van der Waals surface area contributed by atoms with E-state index in [2.05, 4.69) is 50.8 Å². The van der Waals surface area contributed by atoms with Gasteiger partial charge in [-0.2, -0.15) is 5.26 Å². The molecule has 1 unspecified atom stereocenters. The Morgan fingerprint density at radius 1 is 1.18 bits per heavy atom. The van der Waals surface area contributed by atoms with Crippen molar-refractivity contribution in [3.05, 3.63) is 58.3 Å². The van der Waals surface area contributed by atoms with E-state index >= 15 is 0 Å². The highest BCUT2D eigenvalue weighted by Crippen LogP contribution is 2.42. The van der Waals surface area contributed by atoms with E-state index in [0.717, 1.165) is 37.1 Å². The summed E-state index contributed by atoms with van der Waals surface area (Å²) >= 11 is 0. The first-order valence-corrected chi connectivity index (χ1v) is 16.9. The van der Waals surface area contributed by atoms with Crippen molar-refractivity contribution in [2.75, 3.05) is 26.2 Å². The Labute approximate surface area is 271 Å². The molecule has 1 aliphatic heterocycles. The van der Waals surface area contributed by atoms with Gasteiger partial charge in [0.05, 0.1) is 11.6 Å². The minimum absolute atomic E-state index is 0.0151. The molecular formula is C37H56F2N4O2. The first-order valence-electron chi connectivity index (χ1n) is 16.9. The lowest BCUT2D eigenvalue weighted by molar-refractivity contribution is -0.169. The first-order chi connectivity index (χ1) is 21.4. The molecule has 1 saturated carbocycles. The van der Waals surface area contributed by atoms with Gasteiger partial charge in [-0.05, 0) is 109 Å². The number of unbranched alkanes of at least 4 members (excludes halogenated alkanes) is 1. The Bertz CT molecular complexity index is 1260. The summed E-state index contributed by atoms with van der Waals surface area (Å²) in [5.41, 5.74) is 4.86. The number of ether oxygens (including phenoxy) is 1. The van der Waals surface area contributed by atoms with Gasteiger partial charge in [0.1, 0.15) is 0 Å². The molecule has 1 aromatic carbocycles. The fraction of sp³-hybridized carbons (Fsp3) is 0.649. The SMILES string of the molecule is C/C=C(\C(C(CCCCc1cccc(C#N)c1)=NCC)=C(\C)N1CCN(C(=O)OC(C)(C)C(F)(F)CC)CC1C)C1CC1.CC. The fourth-order valence-electron chi connectivity index (χ4n) is 6.00. The van der Waals surface area contributed by atoms with E-state index in [1.807, 2.05) is 32.0 Å². The van der Waals surface area contributed by atoms with Gasteiger partial charge in [0.15, 0.2) is 5.60 Å². The lowest BCUT2D eigenvalue weighted by Crippen LogP contribution is -2.55. The van der Waals surface area contributed by atoms with Crippen LogP contribution in [-0.4, -0.2) is 65.3 Å². The number of rotatable bonds is 13. The summed E-state index contributed by atoms with van der Waals surface area (Å²) in [5.74, 6) is -2.56. The quantitative estimate of drug-likeness (QED) is 0.124. The molecule has 0 spiro atoms. The Kier molecular flexibility index (Phi) is 14.7. The molecule has 3 rings (SSSR count). The van der Waals surface area contributed by atoms with Gasteiger partial charge in [-0.3, -0.25) is 4.99 Å². The average molecular weight is 627 g/mol. The van der Waals surface area contributed by atoms with Crippen LogP contribution in [0.2, 0.25) is 0 Å². The summed E-state index contributed by atoms with van der Waals surface area (Å²) in [6.45, 7) is 18.5. The van der Waals surface area contributed by atoms with Gasteiger partial charge in [-0.15, -0.1) is 0 Å². The van der Waals surface area contributed by atoms with Gasteiger partial charge >= 0.3 is 6.09 Å². The average Bonchev–Trinajstić information content (AvgIpc) is 3.87. The van der Waals surface area contributed by atoms with Crippen LogP contribution in [0.1, 0.15) is 112 Å². The zero-order chi connectivity index (χ0) is 33.8. The summed E-state index contributed by atoms with van der Waals surface area (Å²) in [6, 6.07) is 10.0. The van der Waals surface area contributed by atoms with Crippen LogP contribution >= 0.6 is 0 Å². The molecule has 2 aliphatic rings. The molecule has 6 nitrogen and oxygen atoms in total. The van der Waals surface area contributed by atoms with Gasteiger partial charge in [-0.25, -0.2) is 13.6 Å². The van der Waals surface area contributed by atoms with E-state index in [4.69, 9.17) is 9.73 Å². The van der Waals surface area contributed by atoms with Crippen LogP contribution in [0.5, 0.6) is 0 Å². The third-order valence-corrected chi connectivity index (χ3v) is 8.79. The van der Waals surface area contributed by atoms with Crippen LogP contribution in [0.25, 0.3) is 0 Å². The normalized spacial score (nSPS) is 18.5. The molecule has 1 aliphatic carbocycles. The molecule has 250 valence electrons. The van der Waals surface area contributed by atoms with Crippen LogP contribution in [0.3, 0.4) is 0 Å². The maximum absolute atomic E-state index is 14.4. The van der Waals surface area contributed by atoms with Gasteiger partial charge in [0.2, 0.25) is 0 Å². The maximum Gasteiger partial charge on any atom is 0.410 e. The van der Waals surface area contributed by atoms with Crippen molar-refractivity contribution in [1.29, 1.82) is 5.26 Å². The van der Waals surface area contributed by atoms with Gasteiger partial charge < -0.3 is 14.5 Å². The predicted octanol–water partition coefficient (Wildman–Crippen LogP) is 9.36. The third kappa shape index (κ3) is 10.1. The number of piperazine rings is 1. The number of allylic oxidation sites excluding steroid dienone is 4. The molecule has 1 aromatic rings. The number of hydrogen-bond donors (Lipinski definition) is 0. The third-order valence-electron chi connectivity index (χ3n) is 8.79. The summed E-state index contributed by atoms with van der Waals surface area (Å²) in [7, 11) is 0. The highest BCUT2D eigenvalue weighted by atomic mass is 19.3. The Morgan fingerprint density at radius 2 is 1.87 bits per heavy atom. The smallest absolute Gasteiger partial charge is 0.410 e. The number of carbonyl (C=O) groups is 1. The number of hydrogen-bond acceptors (Lipinski definition) is 5. The van der Waals surface area contributed by atoms with E-state index in [0.29, 0.717) is 37.7 Å². The van der Waals surface area contributed by atoms with Crippen LogP contribution < -0.4 is 0 Å². The first kappa shape index (κ1) is 38.0. The molecule has 0 aromatic heterocycles. The number of nitriles is 1. The zero-order valence-corrected chi connectivity index (χ0v) is 29.2. The van der Waals surface area contributed by atoms with E-state index in [9.17, 15) is 18.8 Å². The van der Waals surface area contributed by atoms with Crippen molar-refractivity contribution in [2.45, 2.75) is 125 Å². The monoisotopic (exact) mass is 626 g/mol. The summed E-state index contributed by atoms with van der Waals surface area (Å²) in [6.07, 6.45) is 7.29. The van der Waals surface area contributed by atoms with E-state index in [1.165, 1.54) is 50.3 Å². The Morgan fingerprint density at radius 3 is 2.42 bits per heavy atom. The van der Waals surface area contributed by atoms with Crippen molar-refractivity contribution in [2.24, 2.45) is 10.9 Å². The number of aryl methyl sites for hydroxylation is 1. The lowest BCUT2D eigenvalue weighted by atomic mass is 9.90. The molecule has 1 amide bonds. The lowest BCUT2D eigenvalue weighted by Gasteiger charge is -2.43. The molecular weight excluding hydrogens is 570 g/mol. The minimum atomic E-state index is -3.11. The van der Waals surface area contributed by atoms with E-state index < -0.39 is 24.0 Å². The molecule has 1 atom stereocenters. The second-order valence-corrected chi connectivity index (χ2v) is 12.3. The predicted molar refractivity (Wildman–Crippen MR) is 181 cm³/mol. The maximum atomic E-state index is 14.4. The largest absolute Gasteiger partial charge is 0.437 e. The van der Waals surface area contributed by atoms with Gasteiger partial charge in [0, 0.05) is 55.6 Å². The van der Waals surface area contributed by atoms with Crippen molar-refractivity contribution in [1.82, 2.24) is 9.80 Å². The summed E-state index contributed by atoms with van der Waals surface area (Å²) in [4.78, 5) is 21.9.